The average Bonchev–Trinajstić information content (AvgIpc) is 3.10. The zero-order valence-electron chi connectivity index (χ0n) is 15.8. The van der Waals surface area contributed by atoms with Gasteiger partial charge in [0, 0.05) is 37.3 Å². The van der Waals surface area contributed by atoms with Crippen LogP contribution in [0.2, 0.25) is 0 Å². The normalized spacial score (nSPS) is 11.4. The lowest BCUT2D eigenvalue weighted by molar-refractivity contribution is -0.159. The maximum Gasteiger partial charge on any atom is 0.246 e. The molecular formula is C20H19FN2O5S. The summed E-state index contributed by atoms with van der Waals surface area (Å²) >= 11 is 0. The Morgan fingerprint density at radius 1 is 1.17 bits per heavy atom. The van der Waals surface area contributed by atoms with E-state index in [-0.39, 0.29) is 29.4 Å². The molecule has 0 spiro atoms. The zero-order valence-corrected chi connectivity index (χ0v) is 16.6. The number of aromatic nitrogens is 1. The lowest BCUT2D eigenvalue weighted by Gasteiger charge is -2.07. The highest BCUT2D eigenvalue weighted by molar-refractivity contribution is 7.90. The van der Waals surface area contributed by atoms with Crippen molar-refractivity contribution in [3.05, 3.63) is 60.2 Å². The zero-order chi connectivity index (χ0) is 21.2. The average molecular weight is 418 g/mol. The number of aryl methyl sites for hydroxylation is 1. The van der Waals surface area contributed by atoms with Crippen molar-refractivity contribution in [1.29, 1.82) is 0 Å². The largest absolute Gasteiger partial charge is 0.440 e. The Morgan fingerprint density at radius 3 is 2.45 bits per heavy atom. The summed E-state index contributed by atoms with van der Waals surface area (Å²) in [5.74, 6) is -0.549. The highest BCUT2D eigenvalue weighted by atomic mass is 32.2. The van der Waals surface area contributed by atoms with Gasteiger partial charge in [0.1, 0.15) is 11.5 Å². The van der Waals surface area contributed by atoms with Gasteiger partial charge in [-0.15, -0.1) is 0 Å². The Balaban J connectivity index is 2.13. The number of carbonyl (C=O) groups is 1. The van der Waals surface area contributed by atoms with Crippen LogP contribution in [0.15, 0.2) is 57.8 Å². The number of oxazole rings is 1. The summed E-state index contributed by atoms with van der Waals surface area (Å²) in [6.45, 7) is 0. The Hall–Kier alpha value is -3.04. The van der Waals surface area contributed by atoms with Crippen LogP contribution in [-0.4, -0.2) is 42.9 Å². The first kappa shape index (κ1) is 20.7. The number of carbonyl (C=O) groups excluding carboxylic acids is 1. The quantitative estimate of drug-likeness (QED) is 0.487. The van der Waals surface area contributed by atoms with Crippen LogP contribution < -0.4 is 0 Å². The molecule has 0 radical (unpaired) electrons. The molecule has 0 saturated heterocycles. The fourth-order valence-corrected chi connectivity index (χ4v) is 3.70. The van der Waals surface area contributed by atoms with Gasteiger partial charge in [-0.25, -0.2) is 22.9 Å². The maximum absolute atomic E-state index is 13.3. The van der Waals surface area contributed by atoms with E-state index >= 15 is 0 Å². The minimum absolute atomic E-state index is 0.0520. The molecule has 9 heteroatoms. The third-order valence-electron chi connectivity index (χ3n) is 4.23. The van der Waals surface area contributed by atoms with E-state index in [1.54, 1.807) is 18.2 Å². The Bertz CT molecular complexity index is 1140. The molecule has 0 aliphatic heterocycles. The van der Waals surface area contributed by atoms with Gasteiger partial charge in [0.25, 0.3) is 0 Å². The minimum Gasteiger partial charge on any atom is -0.440 e. The lowest BCUT2D eigenvalue weighted by atomic mass is 10.1. The molecular weight excluding hydrogens is 399 g/mol. The molecule has 1 N–H and O–H groups in total. The second-order valence-electron chi connectivity index (χ2n) is 6.48. The molecule has 3 rings (SSSR count). The first-order valence-electron chi connectivity index (χ1n) is 8.67. The highest BCUT2D eigenvalue weighted by Crippen LogP contribution is 2.36. The second-order valence-corrected chi connectivity index (χ2v) is 8.46. The molecule has 152 valence electrons. The molecule has 1 heterocycles. The first-order chi connectivity index (χ1) is 13.7. The fraction of sp³-hybridized carbons (Fsp3) is 0.200. The van der Waals surface area contributed by atoms with Gasteiger partial charge in [-0.05, 0) is 36.4 Å². The molecule has 0 aliphatic rings. The molecule has 0 saturated carbocycles. The van der Waals surface area contributed by atoms with Gasteiger partial charge in [0.2, 0.25) is 5.91 Å². The van der Waals surface area contributed by atoms with Crippen molar-refractivity contribution < 1.29 is 27.2 Å². The van der Waals surface area contributed by atoms with Gasteiger partial charge < -0.3 is 4.42 Å². The Morgan fingerprint density at radius 2 is 1.83 bits per heavy atom. The molecule has 0 fully saturated rings. The van der Waals surface area contributed by atoms with Crippen LogP contribution >= 0.6 is 0 Å². The number of hydroxylamine groups is 2. The monoisotopic (exact) mass is 418 g/mol. The number of nitrogens with zero attached hydrogens (tertiary/aromatic N) is 2. The molecule has 3 aromatic rings. The molecule has 0 bridgehead atoms. The van der Waals surface area contributed by atoms with E-state index in [1.165, 1.54) is 37.4 Å². The second kappa shape index (κ2) is 8.14. The van der Waals surface area contributed by atoms with Gasteiger partial charge in [-0.2, -0.15) is 0 Å². The third kappa shape index (κ3) is 4.69. The summed E-state index contributed by atoms with van der Waals surface area (Å²) in [4.78, 5) is 16.1. The predicted octanol–water partition coefficient (Wildman–Crippen LogP) is 3.33. The molecule has 0 atom stereocenters. The van der Waals surface area contributed by atoms with Crippen molar-refractivity contribution in [2.24, 2.45) is 0 Å². The molecule has 7 nitrogen and oxygen atoms in total. The van der Waals surface area contributed by atoms with E-state index in [2.05, 4.69) is 4.98 Å². The van der Waals surface area contributed by atoms with E-state index in [0.717, 1.165) is 6.26 Å². The number of hydrogen-bond donors (Lipinski definition) is 1. The van der Waals surface area contributed by atoms with Crippen molar-refractivity contribution in [1.82, 2.24) is 10.0 Å². The van der Waals surface area contributed by atoms with Gasteiger partial charge in [0.15, 0.2) is 21.5 Å². The van der Waals surface area contributed by atoms with Crippen LogP contribution in [0.3, 0.4) is 0 Å². The predicted molar refractivity (Wildman–Crippen MR) is 103 cm³/mol. The molecule has 2 aromatic carbocycles. The number of hydrogen-bond acceptors (Lipinski definition) is 6. The van der Waals surface area contributed by atoms with E-state index in [0.29, 0.717) is 21.9 Å². The van der Waals surface area contributed by atoms with Crippen molar-refractivity contribution >= 4 is 15.7 Å². The van der Waals surface area contributed by atoms with Crippen molar-refractivity contribution in [2.75, 3.05) is 13.3 Å². The van der Waals surface area contributed by atoms with E-state index in [4.69, 9.17) is 4.42 Å². The van der Waals surface area contributed by atoms with Gasteiger partial charge >= 0.3 is 0 Å². The van der Waals surface area contributed by atoms with Crippen LogP contribution in [0, 0.1) is 5.82 Å². The van der Waals surface area contributed by atoms with E-state index < -0.39 is 21.6 Å². The van der Waals surface area contributed by atoms with Crippen LogP contribution in [0.4, 0.5) is 4.39 Å². The summed E-state index contributed by atoms with van der Waals surface area (Å²) in [5, 5.41) is 9.67. The van der Waals surface area contributed by atoms with Gasteiger partial charge in [-0.1, -0.05) is 12.1 Å². The standard InChI is InChI=1S/C20H19FN2O5S/c1-23(25)18(24)12-11-17-22-19(13-7-9-14(21)10-8-13)20(28-17)15-5-3-4-6-16(15)29(2,26)27/h3-10,25H,11-12H2,1-2H3. The van der Waals surface area contributed by atoms with Crippen molar-refractivity contribution in [3.63, 3.8) is 0 Å². The van der Waals surface area contributed by atoms with Crippen molar-refractivity contribution in [2.45, 2.75) is 17.7 Å². The third-order valence-corrected chi connectivity index (χ3v) is 5.39. The molecule has 0 aliphatic carbocycles. The lowest BCUT2D eigenvalue weighted by Crippen LogP contribution is -2.22. The van der Waals surface area contributed by atoms with Gasteiger partial charge in [-0.3, -0.25) is 10.0 Å². The SMILES string of the molecule is CN(O)C(=O)CCc1nc(-c2ccc(F)cc2)c(-c2ccccc2S(C)(=O)=O)o1. The van der Waals surface area contributed by atoms with E-state index in [9.17, 15) is 22.8 Å². The molecule has 1 aromatic heterocycles. The summed E-state index contributed by atoms with van der Waals surface area (Å²) < 4.78 is 43.6. The first-order valence-corrected chi connectivity index (χ1v) is 10.6. The summed E-state index contributed by atoms with van der Waals surface area (Å²) in [7, 11) is -2.34. The molecule has 0 unspecified atom stereocenters. The van der Waals surface area contributed by atoms with Crippen molar-refractivity contribution in [3.8, 4) is 22.6 Å². The Labute approximate surface area is 167 Å². The molecule has 1 amide bonds. The summed E-state index contributed by atoms with van der Waals surface area (Å²) in [6, 6.07) is 11.9. The minimum atomic E-state index is -3.56. The van der Waals surface area contributed by atoms with Crippen LogP contribution in [-0.2, 0) is 21.1 Å². The number of amides is 1. The Kier molecular flexibility index (Phi) is 5.81. The van der Waals surface area contributed by atoms with Crippen LogP contribution in [0.1, 0.15) is 12.3 Å². The topological polar surface area (TPSA) is 101 Å². The van der Waals surface area contributed by atoms with Gasteiger partial charge in [0.05, 0.1) is 4.90 Å². The van der Waals surface area contributed by atoms with Crippen LogP contribution in [0.5, 0.6) is 0 Å². The summed E-state index contributed by atoms with van der Waals surface area (Å²) in [6.07, 6.45) is 1.14. The van der Waals surface area contributed by atoms with Crippen LogP contribution in [0.25, 0.3) is 22.6 Å². The number of halogens is 1. The number of sulfone groups is 1. The maximum atomic E-state index is 13.3. The summed E-state index contributed by atoms with van der Waals surface area (Å²) in [5.41, 5.74) is 1.19. The van der Waals surface area contributed by atoms with E-state index in [1.807, 2.05) is 0 Å². The smallest absolute Gasteiger partial charge is 0.246 e. The fourth-order valence-electron chi connectivity index (χ4n) is 2.81. The highest BCUT2D eigenvalue weighted by Gasteiger charge is 2.23. The number of benzene rings is 2. The molecule has 29 heavy (non-hydrogen) atoms. The number of rotatable bonds is 6.